The van der Waals surface area contributed by atoms with Crippen LogP contribution in [0.3, 0.4) is 0 Å². The zero-order valence-corrected chi connectivity index (χ0v) is 30.3. The predicted octanol–water partition coefficient (Wildman–Crippen LogP) is 8.09. The van der Waals surface area contributed by atoms with Crippen LogP contribution in [-0.4, -0.2) is 59.8 Å². The molecule has 0 spiro atoms. The summed E-state index contributed by atoms with van der Waals surface area (Å²) in [5, 5.41) is 29.4. The maximum Gasteiger partial charge on any atom is 0.320 e. The van der Waals surface area contributed by atoms with Crippen molar-refractivity contribution in [1.29, 1.82) is 0 Å². The van der Waals surface area contributed by atoms with Crippen LogP contribution in [0.2, 0.25) is 0 Å². The lowest BCUT2D eigenvalue weighted by Gasteiger charge is -2.18. The van der Waals surface area contributed by atoms with E-state index in [0.29, 0.717) is 11.5 Å². The zero-order valence-electron chi connectivity index (χ0n) is 28.6. The summed E-state index contributed by atoms with van der Waals surface area (Å²) >= 11 is 3.21. The molecule has 0 aliphatic carbocycles. The number of pyridine rings is 1. The summed E-state index contributed by atoms with van der Waals surface area (Å²) in [6.07, 6.45) is 6.37. The van der Waals surface area contributed by atoms with E-state index in [1.165, 1.54) is 48.4 Å². The van der Waals surface area contributed by atoms with E-state index in [2.05, 4.69) is 58.0 Å². The second kappa shape index (κ2) is 14.8. The minimum atomic E-state index is -0.506. The Morgan fingerprint density at radius 1 is 0.980 bits per heavy atom. The Labute approximate surface area is 304 Å². The van der Waals surface area contributed by atoms with Crippen molar-refractivity contribution in [3.63, 3.8) is 0 Å². The number of phenols is 1. The standard InChI is InChI=1S/C38H39FN8O2S2/c1-38(2,50-3)33-21-35(47(44-33)27-11-8-9-25(19-27)23-45-17-6-7-18-45)41-37(49)40-22-26-10-4-5-12-32(26)51-29-14-16-34-42-43-36(46(34)24-29)30-20-28(48)13-15-31(30)39/h4-5,8-16,19-21,24,48H,6-7,17-18,22-23H2,1-3H3,(H2,40,41,49). The summed E-state index contributed by atoms with van der Waals surface area (Å²) in [4.78, 5) is 17.7. The number of amides is 2. The highest BCUT2D eigenvalue weighted by atomic mass is 32.2. The minimum Gasteiger partial charge on any atom is -0.508 e. The summed E-state index contributed by atoms with van der Waals surface area (Å²) < 4.78 is 17.9. The number of aromatic hydroxyl groups is 1. The van der Waals surface area contributed by atoms with Gasteiger partial charge in [0.2, 0.25) is 0 Å². The molecule has 51 heavy (non-hydrogen) atoms. The largest absolute Gasteiger partial charge is 0.508 e. The molecule has 2 amide bonds. The van der Waals surface area contributed by atoms with E-state index in [9.17, 15) is 14.3 Å². The summed E-state index contributed by atoms with van der Waals surface area (Å²) in [5.41, 5.74) is 4.61. The summed E-state index contributed by atoms with van der Waals surface area (Å²) in [6.45, 7) is 7.66. The van der Waals surface area contributed by atoms with Gasteiger partial charge in [-0.2, -0.15) is 16.9 Å². The molecule has 6 aromatic rings. The third-order valence-corrected chi connectivity index (χ3v) is 11.4. The molecule has 10 nitrogen and oxygen atoms in total. The highest BCUT2D eigenvalue weighted by molar-refractivity contribution is 7.99. The number of aromatic nitrogens is 5. The van der Waals surface area contributed by atoms with Gasteiger partial charge in [-0.3, -0.25) is 14.6 Å². The van der Waals surface area contributed by atoms with Crippen molar-refractivity contribution in [1.82, 2.24) is 34.6 Å². The van der Waals surface area contributed by atoms with Gasteiger partial charge in [-0.25, -0.2) is 13.9 Å². The molecule has 0 bridgehead atoms. The van der Waals surface area contributed by atoms with E-state index in [1.54, 1.807) is 16.2 Å². The first-order chi connectivity index (χ1) is 24.7. The molecular formula is C38H39FN8O2S2. The number of fused-ring (bicyclic) bond motifs is 1. The lowest BCUT2D eigenvalue weighted by molar-refractivity contribution is 0.251. The third kappa shape index (κ3) is 7.75. The van der Waals surface area contributed by atoms with Gasteiger partial charge in [-0.1, -0.05) is 42.1 Å². The Morgan fingerprint density at radius 2 is 1.80 bits per heavy atom. The molecule has 1 fully saturated rings. The molecule has 262 valence electrons. The van der Waals surface area contributed by atoms with Crippen LogP contribution in [0.15, 0.2) is 101 Å². The predicted molar refractivity (Wildman–Crippen MR) is 201 cm³/mol. The van der Waals surface area contributed by atoms with E-state index < -0.39 is 5.82 Å². The lowest BCUT2D eigenvalue weighted by Crippen LogP contribution is -2.29. The molecule has 0 radical (unpaired) electrons. The fourth-order valence-electron chi connectivity index (χ4n) is 6.06. The smallest absolute Gasteiger partial charge is 0.320 e. The number of phenolic OH excluding ortho intramolecular Hbond substituents is 1. The number of anilines is 1. The molecule has 0 atom stereocenters. The summed E-state index contributed by atoms with van der Waals surface area (Å²) in [6, 6.07) is 25.4. The first-order valence-electron chi connectivity index (χ1n) is 16.8. The Bertz CT molecular complexity index is 2190. The van der Waals surface area contributed by atoms with Crippen LogP contribution >= 0.6 is 23.5 Å². The van der Waals surface area contributed by atoms with Gasteiger partial charge in [0.25, 0.3) is 0 Å². The fraction of sp³-hybridized carbons (Fsp3) is 0.263. The number of likely N-dealkylation sites (tertiary alicyclic amines) is 1. The van der Waals surface area contributed by atoms with Crippen LogP contribution in [0.25, 0.3) is 22.7 Å². The van der Waals surface area contributed by atoms with Crippen molar-refractivity contribution in [3.05, 3.63) is 114 Å². The Kier molecular flexibility index (Phi) is 10.0. The molecule has 3 aromatic carbocycles. The van der Waals surface area contributed by atoms with Gasteiger partial charge in [0.15, 0.2) is 11.5 Å². The molecule has 0 unspecified atom stereocenters. The van der Waals surface area contributed by atoms with Gasteiger partial charge in [-0.15, -0.1) is 10.2 Å². The number of rotatable bonds is 11. The topological polar surface area (TPSA) is 113 Å². The van der Waals surface area contributed by atoms with Crippen molar-refractivity contribution >= 4 is 41.0 Å². The average molecular weight is 723 g/mol. The molecule has 4 heterocycles. The van der Waals surface area contributed by atoms with Crippen molar-refractivity contribution in [2.45, 2.75) is 54.3 Å². The first kappa shape index (κ1) is 34.6. The van der Waals surface area contributed by atoms with E-state index in [1.807, 2.05) is 65.5 Å². The van der Waals surface area contributed by atoms with Crippen molar-refractivity contribution in [3.8, 4) is 22.8 Å². The number of halogens is 1. The van der Waals surface area contributed by atoms with Gasteiger partial charge in [0, 0.05) is 35.1 Å². The number of hydrogen-bond donors (Lipinski definition) is 3. The van der Waals surface area contributed by atoms with Gasteiger partial charge < -0.3 is 10.4 Å². The Balaban J connectivity index is 1.08. The molecule has 13 heteroatoms. The molecule has 3 aromatic heterocycles. The average Bonchev–Trinajstić information content (AvgIpc) is 3.90. The lowest BCUT2D eigenvalue weighted by atomic mass is 10.1. The van der Waals surface area contributed by atoms with Crippen LogP contribution < -0.4 is 10.6 Å². The number of benzene rings is 3. The first-order valence-corrected chi connectivity index (χ1v) is 18.8. The molecule has 3 N–H and O–H groups in total. The van der Waals surface area contributed by atoms with E-state index in [4.69, 9.17) is 5.10 Å². The maximum absolute atomic E-state index is 14.7. The van der Waals surface area contributed by atoms with Crippen LogP contribution in [0, 0.1) is 5.82 Å². The SMILES string of the molecule is CSC(C)(C)c1cc(NC(=O)NCc2ccccc2Sc2ccc3nnc(-c4cc(O)ccc4F)n3c2)n(-c2cccc(CN3CCCC3)c2)n1. The monoisotopic (exact) mass is 722 g/mol. The minimum absolute atomic E-state index is 0.0602. The maximum atomic E-state index is 14.7. The number of carbonyl (C=O) groups is 1. The summed E-state index contributed by atoms with van der Waals surface area (Å²) in [5.74, 6) is 0.309. The highest BCUT2D eigenvalue weighted by Gasteiger charge is 2.25. The normalized spacial score (nSPS) is 13.6. The van der Waals surface area contributed by atoms with Gasteiger partial charge in [0.1, 0.15) is 17.4 Å². The fourth-order valence-corrected chi connectivity index (χ4v) is 7.34. The molecular weight excluding hydrogens is 684 g/mol. The van der Waals surface area contributed by atoms with Crippen LogP contribution in [0.1, 0.15) is 43.5 Å². The zero-order chi connectivity index (χ0) is 35.5. The quantitative estimate of drug-likeness (QED) is 0.123. The molecule has 7 rings (SSSR count). The highest BCUT2D eigenvalue weighted by Crippen LogP contribution is 2.36. The van der Waals surface area contributed by atoms with Gasteiger partial charge in [-0.05, 0) is 106 Å². The van der Waals surface area contributed by atoms with Crippen LogP contribution in [-0.2, 0) is 17.8 Å². The van der Waals surface area contributed by atoms with E-state index in [-0.39, 0.29) is 34.5 Å². The molecule has 0 saturated carbocycles. The van der Waals surface area contributed by atoms with E-state index >= 15 is 0 Å². The second-order valence-electron chi connectivity index (χ2n) is 13.0. The van der Waals surface area contributed by atoms with E-state index in [0.717, 1.165) is 46.4 Å². The van der Waals surface area contributed by atoms with Crippen molar-refractivity contribution in [2.24, 2.45) is 0 Å². The summed E-state index contributed by atoms with van der Waals surface area (Å²) in [7, 11) is 0. The second-order valence-corrected chi connectivity index (χ2v) is 15.5. The molecule has 1 saturated heterocycles. The number of carbonyl (C=O) groups excluding carboxylic acids is 1. The third-order valence-electron chi connectivity index (χ3n) is 9.04. The number of nitrogens with one attached hydrogen (secondary N) is 2. The number of nitrogens with zero attached hydrogens (tertiary/aromatic N) is 6. The van der Waals surface area contributed by atoms with Gasteiger partial charge >= 0.3 is 6.03 Å². The van der Waals surface area contributed by atoms with Crippen molar-refractivity contribution < 1.29 is 14.3 Å². The van der Waals surface area contributed by atoms with Crippen LogP contribution in [0.5, 0.6) is 5.75 Å². The molecule has 1 aliphatic rings. The number of hydrogen-bond acceptors (Lipinski definition) is 8. The van der Waals surface area contributed by atoms with Gasteiger partial charge in [0.05, 0.1) is 21.7 Å². The Hall–Kier alpha value is -4.85. The molecule has 1 aliphatic heterocycles. The number of urea groups is 1. The Morgan fingerprint density at radius 3 is 2.63 bits per heavy atom. The van der Waals surface area contributed by atoms with Crippen LogP contribution in [0.4, 0.5) is 15.0 Å². The number of thioether (sulfide) groups is 1. The van der Waals surface area contributed by atoms with Crippen molar-refractivity contribution in [2.75, 3.05) is 24.7 Å².